The number of anilines is 1. The Morgan fingerprint density at radius 2 is 1.66 bits per heavy atom. The van der Waals surface area contributed by atoms with Gasteiger partial charge < -0.3 is 9.88 Å². The van der Waals surface area contributed by atoms with Crippen molar-refractivity contribution in [2.75, 3.05) is 5.32 Å². The Morgan fingerprint density at radius 3 is 2.38 bits per heavy atom. The molecule has 0 aliphatic carbocycles. The van der Waals surface area contributed by atoms with Crippen LogP contribution in [0.2, 0.25) is 0 Å². The van der Waals surface area contributed by atoms with E-state index < -0.39 is 0 Å². The van der Waals surface area contributed by atoms with Gasteiger partial charge in [-0.15, -0.1) is 0 Å². The molecule has 0 unspecified atom stereocenters. The summed E-state index contributed by atoms with van der Waals surface area (Å²) in [7, 11) is 1.96. The lowest BCUT2D eigenvalue weighted by Crippen LogP contribution is -2.12. The summed E-state index contributed by atoms with van der Waals surface area (Å²) in [5.41, 5.74) is 4.92. The molecule has 4 rings (SSSR count). The van der Waals surface area contributed by atoms with Crippen LogP contribution in [0.4, 0.5) is 10.1 Å². The predicted molar refractivity (Wildman–Crippen MR) is 113 cm³/mol. The summed E-state index contributed by atoms with van der Waals surface area (Å²) in [5.74, 6) is 0.436. The van der Waals surface area contributed by atoms with Gasteiger partial charge in [0.2, 0.25) is 0 Å². The Labute approximate surface area is 168 Å². The van der Waals surface area contributed by atoms with Gasteiger partial charge in [-0.2, -0.15) is 0 Å². The molecule has 0 fully saturated rings. The summed E-state index contributed by atoms with van der Waals surface area (Å²) < 4.78 is 15.2. The molecule has 4 aromatic rings. The largest absolute Gasteiger partial charge is 0.331 e. The number of halogens is 1. The summed E-state index contributed by atoms with van der Waals surface area (Å²) in [6.07, 6.45) is 1.82. The smallest absolute Gasteiger partial charge is 0.255 e. The highest BCUT2D eigenvalue weighted by Gasteiger charge is 2.10. The standard InChI is InChI=1S/C24H20FN3O/c1-16-26-15-23(28(16)2)19-6-4-8-22(14-19)27-24(29)20-7-3-5-18(13-20)17-9-11-21(25)12-10-17/h3-15H,1-2H3,(H,27,29). The molecule has 3 aromatic carbocycles. The van der Waals surface area contributed by atoms with E-state index in [1.165, 1.54) is 12.1 Å². The fourth-order valence-electron chi connectivity index (χ4n) is 3.21. The van der Waals surface area contributed by atoms with Gasteiger partial charge in [0.15, 0.2) is 0 Å². The Bertz CT molecular complexity index is 1180. The average Bonchev–Trinajstić information content (AvgIpc) is 3.07. The Hall–Kier alpha value is -3.73. The van der Waals surface area contributed by atoms with Crippen LogP contribution in [0, 0.1) is 12.7 Å². The SMILES string of the molecule is Cc1ncc(-c2cccc(NC(=O)c3cccc(-c4ccc(F)cc4)c3)c2)n1C. The molecule has 144 valence electrons. The second-order valence-corrected chi connectivity index (χ2v) is 6.87. The number of nitrogens with one attached hydrogen (secondary N) is 1. The minimum atomic E-state index is -0.286. The van der Waals surface area contributed by atoms with Crippen molar-refractivity contribution in [3.8, 4) is 22.4 Å². The summed E-state index contributed by atoms with van der Waals surface area (Å²) in [6.45, 7) is 1.95. The topological polar surface area (TPSA) is 46.9 Å². The average molecular weight is 385 g/mol. The van der Waals surface area contributed by atoms with Gasteiger partial charge >= 0.3 is 0 Å². The Balaban J connectivity index is 1.57. The molecule has 0 aliphatic heterocycles. The minimum absolute atomic E-state index is 0.202. The van der Waals surface area contributed by atoms with Gasteiger partial charge in [-0.25, -0.2) is 9.37 Å². The van der Waals surface area contributed by atoms with Crippen molar-refractivity contribution in [3.05, 3.63) is 96.2 Å². The van der Waals surface area contributed by atoms with E-state index in [1.54, 1.807) is 24.3 Å². The van der Waals surface area contributed by atoms with E-state index in [0.29, 0.717) is 11.3 Å². The summed E-state index contributed by atoms with van der Waals surface area (Å²) in [6, 6.07) is 21.2. The zero-order valence-corrected chi connectivity index (χ0v) is 16.2. The van der Waals surface area contributed by atoms with Crippen LogP contribution >= 0.6 is 0 Å². The number of benzene rings is 3. The monoisotopic (exact) mass is 385 g/mol. The zero-order valence-electron chi connectivity index (χ0n) is 16.2. The van der Waals surface area contributed by atoms with Gasteiger partial charge in [-0.3, -0.25) is 4.79 Å². The zero-order chi connectivity index (χ0) is 20.4. The van der Waals surface area contributed by atoms with Crippen molar-refractivity contribution in [1.82, 2.24) is 9.55 Å². The first-order chi connectivity index (χ1) is 14.0. The van der Waals surface area contributed by atoms with E-state index in [-0.39, 0.29) is 11.7 Å². The van der Waals surface area contributed by atoms with E-state index in [1.807, 2.05) is 61.1 Å². The number of aromatic nitrogens is 2. The lowest BCUT2D eigenvalue weighted by molar-refractivity contribution is 0.102. The van der Waals surface area contributed by atoms with Gasteiger partial charge in [0.1, 0.15) is 11.6 Å². The number of rotatable bonds is 4. The van der Waals surface area contributed by atoms with E-state index in [9.17, 15) is 9.18 Å². The quantitative estimate of drug-likeness (QED) is 0.507. The third-order valence-electron chi connectivity index (χ3n) is 4.94. The van der Waals surface area contributed by atoms with Gasteiger partial charge in [-0.05, 0) is 54.4 Å². The van der Waals surface area contributed by atoms with Crippen LogP contribution in [0.25, 0.3) is 22.4 Å². The van der Waals surface area contributed by atoms with Gasteiger partial charge in [0.05, 0.1) is 11.9 Å². The lowest BCUT2D eigenvalue weighted by atomic mass is 10.0. The normalized spacial score (nSPS) is 10.7. The van der Waals surface area contributed by atoms with Crippen LogP contribution in [0.3, 0.4) is 0 Å². The van der Waals surface area contributed by atoms with E-state index in [4.69, 9.17) is 0 Å². The van der Waals surface area contributed by atoms with Crippen molar-refractivity contribution in [2.24, 2.45) is 7.05 Å². The number of carbonyl (C=O) groups excluding carboxylic acids is 1. The molecule has 1 amide bonds. The molecule has 1 N–H and O–H groups in total. The number of imidazole rings is 1. The molecule has 5 heteroatoms. The maximum absolute atomic E-state index is 13.2. The van der Waals surface area contributed by atoms with Crippen molar-refractivity contribution in [2.45, 2.75) is 6.92 Å². The van der Waals surface area contributed by atoms with Gasteiger partial charge in [0, 0.05) is 23.9 Å². The molecule has 0 bridgehead atoms. The highest BCUT2D eigenvalue weighted by molar-refractivity contribution is 6.05. The number of nitrogens with zero attached hydrogens (tertiary/aromatic N) is 2. The van der Waals surface area contributed by atoms with E-state index >= 15 is 0 Å². The minimum Gasteiger partial charge on any atom is -0.331 e. The first kappa shape index (κ1) is 18.6. The molecule has 0 saturated heterocycles. The van der Waals surface area contributed by atoms with Crippen LogP contribution in [-0.4, -0.2) is 15.5 Å². The highest BCUT2D eigenvalue weighted by Crippen LogP contribution is 2.24. The number of hydrogen-bond acceptors (Lipinski definition) is 2. The van der Waals surface area contributed by atoms with Gasteiger partial charge in [0.25, 0.3) is 5.91 Å². The summed E-state index contributed by atoms with van der Waals surface area (Å²) >= 11 is 0. The molecule has 0 atom stereocenters. The third kappa shape index (κ3) is 3.94. The van der Waals surface area contributed by atoms with E-state index in [2.05, 4.69) is 10.3 Å². The number of carbonyl (C=O) groups is 1. The third-order valence-corrected chi connectivity index (χ3v) is 4.94. The van der Waals surface area contributed by atoms with Crippen molar-refractivity contribution in [1.29, 1.82) is 0 Å². The molecule has 0 saturated carbocycles. The van der Waals surface area contributed by atoms with E-state index in [0.717, 1.165) is 28.2 Å². The maximum Gasteiger partial charge on any atom is 0.255 e. The fraction of sp³-hybridized carbons (Fsp3) is 0.0833. The Kier molecular flexibility index (Phi) is 4.96. The van der Waals surface area contributed by atoms with Crippen LogP contribution in [0.5, 0.6) is 0 Å². The van der Waals surface area contributed by atoms with Crippen LogP contribution < -0.4 is 5.32 Å². The lowest BCUT2D eigenvalue weighted by Gasteiger charge is -2.10. The van der Waals surface area contributed by atoms with Crippen molar-refractivity contribution >= 4 is 11.6 Å². The highest BCUT2D eigenvalue weighted by atomic mass is 19.1. The second-order valence-electron chi connectivity index (χ2n) is 6.87. The second kappa shape index (κ2) is 7.72. The first-order valence-corrected chi connectivity index (χ1v) is 9.27. The fourth-order valence-corrected chi connectivity index (χ4v) is 3.21. The van der Waals surface area contributed by atoms with Gasteiger partial charge in [-0.1, -0.05) is 36.4 Å². The molecular formula is C24H20FN3O. The molecule has 29 heavy (non-hydrogen) atoms. The predicted octanol–water partition coefficient (Wildman–Crippen LogP) is 5.45. The maximum atomic E-state index is 13.2. The molecule has 0 spiro atoms. The van der Waals surface area contributed by atoms with Crippen LogP contribution in [-0.2, 0) is 7.05 Å². The van der Waals surface area contributed by atoms with Crippen LogP contribution in [0.1, 0.15) is 16.2 Å². The Morgan fingerprint density at radius 1 is 0.931 bits per heavy atom. The van der Waals surface area contributed by atoms with Crippen molar-refractivity contribution < 1.29 is 9.18 Å². The number of hydrogen-bond donors (Lipinski definition) is 1. The number of amides is 1. The molecule has 4 nitrogen and oxygen atoms in total. The van der Waals surface area contributed by atoms with Crippen LogP contribution in [0.15, 0.2) is 79.0 Å². The molecule has 1 heterocycles. The molecule has 0 aliphatic rings. The molecule has 0 radical (unpaired) electrons. The summed E-state index contributed by atoms with van der Waals surface area (Å²) in [5, 5.41) is 2.95. The number of aryl methyl sites for hydroxylation is 1. The van der Waals surface area contributed by atoms with Crippen molar-refractivity contribution in [3.63, 3.8) is 0 Å². The summed E-state index contributed by atoms with van der Waals surface area (Å²) in [4.78, 5) is 17.1. The first-order valence-electron chi connectivity index (χ1n) is 9.27. The molecule has 1 aromatic heterocycles. The molecular weight excluding hydrogens is 365 g/mol.